The van der Waals surface area contributed by atoms with E-state index in [1.54, 1.807) is 15.5 Å². The zero-order chi connectivity index (χ0) is 33.6. The Bertz CT molecular complexity index is 2020. The van der Waals surface area contributed by atoms with Gasteiger partial charge in [-0.3, -0.25) is 14.1 Å². The monoisotopic (exact) mass is 661 g/mol. The lowest BCUT2D eigenvalue weighted by Crippen LogP contribution is -2.40. The molecule has 2 aliphatic heterocycles. The summed E-state index contributed by atoms with van der Waals surface area (Å²) < 4.78 is 68.2. The van der Waals surface area contributed by atoms with Crippen LogP contribution in [0.15, 0.2) is 79.3 Å². The number of hydrogen-bond donors (Lipinski definition) is 2. The predicted molar refractivity (Wildman–Crippen MR) is 164 cm³/mol. The highest BCUT2D eigenvalue weighted by molar-refractivity contribution is 6.04. The van der Waals surface area contributed by atoms with Crippen LogP contribution >= 0.6 is 0 Å². The number of ether oxygens (including phenoxy) is 2. The van der Waals surface area contributed by atoms with Crippen molar-refractivity contribution in [2.75, 3.05) is 24.3 Å². The lowest BCUT2D eigenvalue weighted by atomic mass is 10.0. The molecule has 5 heterocycles. The molecule has 3 atom stereocenters. The minimum atomic E-state index is -4.64. The molecule has 2 aliphatic rings. The van der Waals surface area contributed by atoms with E-state index < -0.39 is 35.6 Å². The lowest BCUT2D eigenvalue weighted by Gasteiger charge is -2.28. The molecule has 11 nitrogen and oxygen atoms in total. The standard InChI is InChI=1S/C33H27F4N7O4/c34-23-12-19(31(45)41-26-14-21(8-9-39-26)33(35,36)37)6-7-22(23)27-28-29(38)40-10-11-43(28)30(42-27)24-13-20-16-47-17-25(20)44(24)32(46)48-15-18-4-2-1-3-5-18/h1-12,14,20,24-25H,13,15-17H2,(H2,38,40)(H,39,41,45)/t20-,24-,25+/m0/s1. The van der Waals surface area contributed by atoms with E-state index in [0.717, 1.165) is 23.9 Å². The summed E-state index contributed by atoms with van der Waals surface area (Å²) >= 11 is 0. The van der Waals surface area contributed by atoms with Crippen LogP contribution in [0.2, 0.25) is 0 Å². The highest BCUT2D eigenvalue weighted by atomic mass is 19.4. The number of aromatic nitrogens is 4. The smallest absolute Gasteiger partial charge is 0.416 e. The third-order valence-corrected chi connectivity index (χ3v) is 8.52. The van der Waals surface area contributed by atoms with Gasteiger partial charge in [0.2, 0.25) is 0 Å². The zero-order valence-corrected chi connectivity index (χ0v) is 25.0. The number of carbonyl (C=O) groups is 2. The largest absolute Gasteiger partial charge is 0.445 e. The summed E-state index contributed by atoms with van der Waals surface area (Å²) in [5.74, 6) is -1.56. The van der Waals surface area contributed by atoms with Crippen LogP contribution in [-0.4, -0.2) is 55.5 Å². The Labute approximate surface area is 270 Å². The number of likely N-dealkylation sites (tertiary alicyclic amines) is 1. The number of carbonyl (C=O) groups excluding carboxylic acids is 2. The number of nitrogen functional groups attached to an aromatic ring is 1. The molecule has 3 aromatic heterocycles. The Balaban J connectivity index is 1.20. The third kappa shape index (κ3) is 5.76. The number of pyridine rings is 1. The molecule has 2 aromatic carbocycles. The van der Waals surface area contributed by atoms with Crippen LogP contribution in [0, 0.1) is 11.7 Å². The summed E-state index contributed by atoms with van der Waals surface area (Å²) in [6, 6.07) is 13.5. The Hall–Kier alpha value is -5.57. The van der Waals surface area contributed by atoms with Crippen molar-refractivity contribution in [2.24, 2.45) is 5.92 Å². The molecular formula is C33H27F4N7O4. The van der Waals surface area contributed by atoms with Gasteiger partial charge in [-0.15, -0.1) is 0 Å². The molecule has 3 N–H and O–H groups in total. The number of imidazole rings is 1. The van der Waals surface area contributed by atoms with Crippen molar-refractivity contribution >= 4 is 29.2 Å². The fraction of sp³-hybridized carbons (Fsp3) is 0.242. The number of benzene rings is 2. The van der Waals surface area contributed by atoms with Crippen LogP contribution in [0.3, 0.4) is 0 Å². The van der Waals surface area contributed by atoms with Crippen LogP contribution in [-0.2, 0) is 22.3 Å². The Kier molecular flexibility index (Phi) is 7.91. The molecule has 0 unspecified atom stereocenters. The molecule has 0 radical (unpaired) electrons. The second-order valence-electron chi connectivity index (χ2n) is 11.5. The second kappa shape index (κ2) is 12.2. The number of nitrogens with zero attached hydrogens (tertiary/aromatic N) is 5. The number of nitrogens with one attached hydrogen (secondary N) is 1. The normalized spacial score (nSPS) is 19.0. The molecule has 0 bridgehead atoms. The van der Waals surface area contributed by atoms with Crippen molar-refractivity contribution in [2.45, 2.75) is 31.3 Å². The van der Waals surface area contributed by atoms with Gasteiger partial charge in [-0.05, 0) is 42.3 Å². The summed E-state index contributed by atoms with van der Waals surface area (Å²) in [5, 5.41) is 2.27. The summed E-state index contributed by atoms with van der Waals surface area (Å²) in [5.41, 5.74) is 6.37. The van der Waals surface area contributed by atoms with Crippen molar-refractivity contribution in [1.29, 1.82) is 0 Å². The molecule has 246 valence electrons. The van der Waals surface area contributed by atoms with Gasteiger partial charge in [0.1, 0.15) is 41.1 Å². The molecule has 0 saturated carbocycles. The second-order valence-corrected chi connectivity index (χ2v) is 11.5. The van der Waals surface area contributed by atoms with Gasteiger partial charge in [-0.1, -0.05) is 30.3 Å². The van der Waals surface area contributed by atoms with Gasteiger partial charge < -0.3 is 20.5 Å². The maximum Gasteiger partial charge on any atom is 0.416 e. The fourth-order valence-electron chi connectivity index (χ4n) is 6.26. The number of anilines is 2. The number of halogens is 4. The number of amides is 2. The van der Waals surface area contributed by atoms with E-state index in [4.69, 9.17) is 20.2 Å². The summed E-state index contributed by atoms with van der Waals surface area (Å²) in [7, 11) is 0. The molecule has 2 amide bonds. The van der Waals surface area contributed by atoms with Gasteiger partial charge in [-0.2, -0.15) is 13.2 Å². The van der Waals surface area contributed by atoms with Crippen molar-refractivity contribution in [1.82, 2.24) is 24.3 Å². The van der Waals surface area contributed by atoms with Crippen LogP contribution in [0.25, 0.3) is 16.8 Å². The molecule has 5 aromatic rings. The first-order valence-electron chi connectivity index (χ1n) is 14.9. The molecule has 15 heteroatoms. The SMILES string of the molecule is Nc1nccn2c([C@@H]3C[C@H]4COC[C@H]4N3C(=O)OCc3ccccc3)nc(-c3ccc(C(=O)Nc4cc(C(F)(F)F)ccn4)cc3F)c12. The minimum absolute atomic E-state index is 0.00748. The molecule has 0 spiro atoms. The van der Waals surface area contributed by atoms with E-state index in [2.05, 4.69) is 15.3 Å². The number of nitrogens with two attached hydrogens (primary N) is 1. The fourth-order valence-corrected chi connectivity index (χ4v) is 6.26. The summed E-state index contributed by atoms with van der Waals surface area (Å²) in [4.78, 5) is 40.8. The van der Waals surface area contributed by atoms with Crippen molar-refractivity contribution in [3.8, 4) is 11.3 Å². The first-order valence-corrected chi connectivity index (χ1v) is 14.9. The van der Waals surface area contributed by atoms with E-state index in [1.165, 1.54) is 18.3 Å². The molecule has 2 fully saturated rings. The Morgan fingerprint density at radius 3 is 2.62 bits per heavy atom. The first kappa shape index (κ1) is 31.1. The average molecular weight is 662 g/mol. The van der Waals surface area contributed by atoms with E-state index in [1.807, 2.05) is 30.3 Å². The molecule has 0 aliphatic carbocycles. The van der Waals surface area contributed by atoms with Crippen LogP contribution in [0.1, 0.15) is 39.8 Å². The van der Waals surface area contributed by atoms with E-state index in [9.17, 15) is 22.8 Å². The maximum absolute atomic E-state index is 15.8. The molecular weight excluding hydrogens is 634 g/mol. The number of hydrogen-bond acceptors (Lipinski definition) is 8. The van der Waals surface area contributed by atoms with Crippen molar-refractivity contribution < 1.29 is 36.6 Å². The molecule has 7 rings (SSSR count). The highest BCUT2D eigenvalue weighted by Gasteiger charge is 2.50. The van der Waals surface area contributed by atoms with Gasteiger partial charge in [0.25, 0.3) is 5.91 Å². The van der Waals surface area contributed by atoms with E-state index in [0.29, 0.717) is 37.0 Å². The topological polar surface area (TPSA) is 137 Å². The number of alkyl halides is 3. The third-order valence-electron chi connectivity index (χ3n) is 8.52. The van der Waals surface area contributed by atoms with Gasteiger partial charge in [-0.25, -0.2) is 24.1 Å². The Morgan fingerprint density at radius 2 is 1.85 bits per heavy atom. The summed E-state index contributed by atoms with van der Waals surface area (Å²) in [6.45, 7) is 0.855. The number of rotatable bonds is 6. The predicted octanol–water partition coefficient (Wildman–Crippen LogP) is 5.88. The van der Waals surface area contributed by atoms with Crippen LogP contribution < -0.4 is 11.1 Å². The Morgan fingerprint density at radius 1 is 1.04 bits per heavy atom. The number of fused-ring (bicyclic) bond motifs is 2. The average Bonchev–Trinajstić information content (AvgIpc) is 3.78. The molecule has 48 heavy (non-hydrogen) atoms. The first-order chi connectivity index (χ1) is 23.1. The van der Waals surface area contributed by atoms with Gasteiger partial charge in [0.05, 0.1) is 30.9 Å². The van der Waals surface area contributed by atoms with Crippen LogP contribution in [0.4, 0.5) is 34.0 Å². The quantitative estimate of drug-likeness (QED) is 0.215. The van der Waals surface area contributed by atoms with E-state index >= 15 is 4.39 Å². The van der Waals surface area contributed by atoms with Gasteiger partial charge in [0, 0.05) is 35.6 Å². The highest BCUT2D eigenvalue weighted by Crippen LogP contribution is 2.44. The minimum Gasteiger partial charge on any atom is -0.445 e. The lowest BCUT2D eigenvalue weighted by molar-refractivity contribution is -0.137. The maximum atomic E-state index is 15.8. The molecule has 2 saturated heterocycles. The van der Waals surface area contributed by atoms with Crippen molar-refractivity contribution in [3.63, 3.8) is 0 Å². The van der Waals surface area contributed by atoms with Crippen LogP contribution in [0.5, 0.6) is 0 Å². The van der Waals surface area contributed by atoms with Gasteiger partial charge in [0.15, 0.2) is 0 Å². The summed E-state index contributed by atoms with van der Waals surface area (Å²) in [6.07, 6.45) is -0.659. The van der Waals surface area contributed by atoms with Crippen molar-refractivity contribution in [3.05, 3.63) is 108 Å². The zero-order valence-electron chi connectivity index (χ0n) is 25.0. The van der Waals surface area contributed by atoms with E-state index in [-0.39, 0.29) is 47.0 Å². The van der Waals surface area contributed by atoms with Gasteiger partial charge >= 0.3 is 12.3 Å².